The Hall–Kier alpha value is -2.04. The van der Waals surface area contributed by atoms with Crippen molar-refractivity contribution in [2.75, 3.05) is 0 Å². The van der Waals surface area contributed by atoms with Crippen molar-refractivity contribution in [1.29, 1.82) is 0 Å². The van der Waals surface area contributed by atoms with Crippen LogP contribution in [0.25, 0.3) is 0 Å². The lowest BCUT2D eigenvalue weighted by Gasteiger charge is -2.24. The topological polar surface area (TPSA) is 87.2 Å². The predicted molar refractivity (Wildman–Crippen MR) is 72.4 cm³/mol. The predicted octanol–water partition coefficient (Wildman–Crippen LogP) is 2.13. The molecule has 1 heterocycles. The summed E-state index contributed by atoms with van der Waals surface area (Å²) in [6.07, 6.45) is -0.0690. The first-order valence-electron chi connectivity index (χ1n) is 6.16. The fourth-order valence-corrected chi connectivity index (χ4v) is 1.36. The Kier molecular flexibility index (Phi) is 4.92. The Balaban J connectivity index is 0.000000382. The van der Waals surface area contributed by atoms with Crippen molar-refractivity contribution in [3.63, 3.8) is 0 Å². The first kappa shape index (κ1) is 15.0. The molecule has 5 nitrogen and oxygen atoms in total. The van der Waals surface area contributed by atoms with Gasteiger partial charge in [-0.15, -0.1) is 0 Å². The average molecular weight is 264 g/mol. The molecule has 2 rings (SSSR count). The molecule has 2 N–H and O–H groups in total. The van der Waals surface area contributed by atoms with Crippen LogP contribution in [0.5, 0.6) is 0 Å². The fraction of sp³-hybridized carbons (Fsp3) is 0.429. The van der Waals surface area contributed by atoms with E-state index in [0.29, 0.717) is 0 Å². The first-order chi connectivity index (χ1) is 8.84. The normalized spacial score (nSPS) is 12.8. The molecule has 0 saturated carbocycles. The van der Waals surface area contributed by atoms with E-state index in [1.807, 2.05) is 58.0 Å². The highest BCUT2D eigenvalue weighted by Crippen LogP contribution is 2.24. The van der Waals surface area contributed by atoms with Crippen LogP contribution in [0.1, 0.15) is 33.3 Å². The number of hydrogen-bond acceptors (Lipinski definition) is 3. The molecule has 0 unspecified atom stereocenters. The summed E-state index contributed by atoms with van der Waals surface area (Å²) >= 11 is 0. The molecule has 0 bridgehead atoms. The van der Waals surface area contributed by atoms with Gasteiger partial charge in [-0.1, -0.05) is 30.3 Å². The standard InChI is InChI=1S/C13H18O2.CH2N2O/c1-10(2)15-12(14)13(3,4)11-8-6-5-7-9-11;4-1-2-3-1/h5-10H,1-4H3;(H2,2,3,4). The molecule has 104 valence electrons. The number of carbonyl (C=O) groups excluding carboxylic acids is 2. The second-order valence-corrected chi connectivity index (χ2v) is 5.02. The van der Waals surface area contributed by atoms with E-state index in [1.165, 1.54) is 0 Å². The van der Waals surface area contributed by atoms with Gasteiger partial charge >= 0.3 is 12.0 Å². The molecule has 0 aliphatic carbocycles. The number of esters is 1. The molecule has 1 aliphatic rings. The Morgan fingerprint density at radius 3 is 2.00 bits per heavy atom. The lowest BCUT2D eigenvalue weighted by molar-refractivity contribution is -0.153. The maximum atomic E-state index is 11.9. The van der Waals surface area contributed by atoms with Crippen LogP contribution in [0.3, 0.4) is 0 Å². The Morgan fingerprint density at radius 2 is 1.63 bits per heavy atom. The summed E-state index contributed by atoms with van der Waals surface area (Å²) in [6.45, 7) is 7.48. The number of carbonyl (C=O) groups is 2. The molecular weight excluding hydrogens is 244 g/mol. The highest BCUT2D eigenvalue weighted by molar-refractivity contribution is 5.85. The minimum atomic E-state index is -0.578. The highest BCUT2D eigenvalue weighted by Gasteiger charge is 2.31. The van der Waals surface area contributed by atoms with Gasteiger partial charge in [-0.05, 0) is 33.3 Å². The monoisotopic (exact) mass is 264 g/mol. The van der Waals surface area contributed by atoms with Crippen molar-refractivity contribution in [3.05, 3.63) is 35.9 Å². The maximum absolute atomic E-state index is 11.9. The zero-order valence-corrected chi connectivity index (χ0v) is 11.7. The van der Waals surface area contributed by atoms with Gasteiger partial charge in [0.05, 0.1) is 11.5 Å². The van der Waals surface area contributed by atoms with Crippen LogP contribution in [0.15, 0.2) is 30.3 Å². The number of nitrogens with one attached hydrogen (secondary N) is 2. The number of hydrazine groups is 1. The number of urea groups is 1. The van der Waals surface area contributed by atoms with Crippen molar-refractivity contribution < 1.29 is 14.3 Å². The molecule has 1 saturated heterocycles. The van der Waals surface area contributed by atoms with Gasteiger partial charge in [-0.3, -0.25) is 4.79 Å². The summed E-state index contributed by atoms with van der Waals surface area (Å²) in [4.78, 5) is 21.2. The molecule has 1 fully saturated rings. The number of hydrogen-bond donors (Lipinski definition) is 2. The SMILES string of the molecule is CC(C)OC(=O)C(C)(C)c1ccccc1.O=C1NN1. The van der Waals surface area contributed by atoms with E-state index < -0.39 is 5.41 Å². The van der Waals surface area contributed by atoms with Crippen LogP contribution in [0, 0.1) is 0 Å². The minimum absolute atomic E-state index is 0.0690. The molecule has 0 atom stereocenters. The van der Waals surface area contributed by atoms with Gasteiger partial charge < -0.3 is 4.74 Å². The average Bonchev–Trinajstić information content (AvgIpc) is 3.13. The van der Waals surface area contributed by atoms with E-state index in [9.17, 15) is 9.59 Å². The van der Waals surface area contributed by atoms with Gasteiger partial charge in [0, 0.05) is 0 Å². The molecule has 0 radical (unpaired) electrons. The Labute approximate surface area is 113 Å². The number of benzene rings is 1. The summed E-state index contributed by atoms with van der Waals surface area (Å²) < 4.78 is 5.23. The second kappa shape index (κ2) is 6.22. The molecule has 0 spiro atoms. The zero-order valence-electron chi connectivity index (χ0n) is 11.7. The van der Waals surface area contributed by atoms with Crippen LogP contribution in [-0.4, -0.2) is 18.1 Å². The Morgan fingerprint density at radius 1 is 1.16 bits per heavy atom. The summed E-state index contributed by atoms with van der Waals surface area (Å²) in [5.41, 5.74) is 4.82. The van der Waals surface area contributed by atoms with Crippen LogP contribution >= 0.6 is 0 Å². The van der Waals surface area contributed by atoms with Crippen molar-refractivity contribution in [1.82, 2.24) is 10.9 Å². The van der Waals surface area contributed by atoms with E-state index in [0.717, 1.165) is 5.56 Å². The molecule has 2 amide bonds. The molecule has 19 heavy (non-hydrogen) atoms. The zero-order chi connectivity index (χ0) is 14.5. The molecule has 1 aromatic rings. The molecular formula is C14H20N2O3. The molecule has 5 heteroatoms. The van der Waals surface area contributed by atoms with Gasteiger partial charge in [-0.2, -0.15) is 0 Å². The van der Waals surface area contributed by atoms with E-state index in [4.69, 9.17) is 4.74 Å². The van der Waals surface area contributed by atoms with Crippen LogP contribution < -0.4 is 10.9 Å². The van der Waals surface area contributed by atoms with Crippen molar-refractivity contribution in [3.8, 4) is 0 Å². The van der Waals surface area contributed by atoms with E-state index in [2.05, 4.69) is 10.9 Å². The van der Waals surface area contributed by atoms with Gasteiger partial charge in [-0.25, -0.2) is 15.6 Å². The smallest absolute Gasteiger partial charge is 0.352 e. The van der Waals surface area contributed by atoms with E-state index >= 15 is 0 Å². The van der Waals surface area contributed by atoms with Gasteiger partial charge in [0.25, 0.3) is 0 Å². The molecule has 0 aromatic heterocycles. The third-order valence-corrected chi connectivity index (χ3v) is 2.58. The molecule has 1 aliphatic heterocycles. The van der Waals surface area contributed by atoms with Crippen LogP contribution in [-0.2, 0) is 14.9 Å². The third kappa shape index (κ3) is 4.99. The van der Waals surface area contributed by atoms with Crippen molar-refractivity contribution in [2.24, 2.45) is 0 Å². The van der Waals surface area contributed by atoms with Crippen molar-refractivity contribution in [2.45, 2.75) is 39.2 Å². The lowest BCUT2D eigenvalue weighted by atomic mass is 9.85. The number of ether oxygens (including phenoxy) is 1. The van der Waals surface area contributed by atoms with E-state index in [-0.39, 0.29) is 18.1 Å². The third-order valence-electron chi connectivity index (χ3n) is 2.58. The van der Waals surface area contributed by atoms with Crippen LogP contribution in [0.4, 0.5) is 4.79 Å². The van der Waals surface area contributed by atoms with Gasteiger partial charge in [0.15, 0.2) is 0 Å². The minimum Gasteiger partial charge on any atom is -0.462 e. The largest absolute Gasteiger partial charge is 0.462 e. The number of amides is 2. The highest BCUT2D eigenvalue weighted by atomic mass is 16.5. The summed E-state index contributed by atoms with van der Waals surface area (Å²) in [7, 11) is 0. The summed E-state index contributed by atoms with van der Waals surface area (Å²) in [5.74, 6) is -0.177. The first-order valence-corrected chi connectivity index (χ1v) is 6.16. The van der Waals surface area contributed by atoms with Crippen LogP contribution in [0.2, 0.25) is 0 Å². The lowest BCUT2D eigenvalue weighted by Crippen LogP contribution is -2.32. The Bertz CT molecular complexity index is 435. The van der Waals surface area contributed by atoms with E-state index in [1.54, 1.807) is 0 Å². The number of rotatable bonds is 3. The maximum Gasteiger partial charge on any atom is 0.352 e. The summed E-state index contributed by atoms with van der Waals surface area (Å²) in [5, 5.41) is 0. The fourth-order valence-electron chi connectivity index (χ4n) is 1.36. The van der Waals surface area contributed by atoms with Gasteiger partial charge in [0.2, 0.25) is 0 Å². The molecule has 1 aromatic carbocycles. The van der Waals surface area contributed by atoms with Gasteiger partial charge in [0.1, 0.15) is 0 Å². The summed E-state index contributed by atoms with van der Waals surface area (Å²) in [6, 6.07) is 9.61. The quantitative estimate of drug-likeness (QED) is 0.647. The van der Waals surface area contributed by atoms with Crippen molar-refractivity contribution >= 4 is 12.0 Å². The second-order valence-electron chi connectivity index (χ2n) is 5.02.